The number of carbonyl (C=O) groups is 1. The Morgan fingerprint density at radius 2 is 2.45 bits per heavy atom. The highest BCUT2D eigenvalue weighted by molar-refractivity contribution is 5.94. The van der Waals surface area contributed by atoms with Crippen LogP contribution in [0.1, 0.15) is 17.3 Å². The van der Waals surface area contributed by atoms with Crippen LogP contribution in [0.15, 0.2) is 12.4 Å². The van der Waals surface area contributed by atoms with E-state index in [0.717, 1.165) is 0 Å². The molecular formula is C7H10N2O2. The first-order valence-corrected chi connectivity index (χ1v) is 3.35. The van der Waals surface area contributed by atoms with E-state index in [2.05, 4.69) is 4.98 Å². The molecule has 4 nitrogen and oxygen atoms in total. The van der Waals surface area contributed by atoms with Crippen LogP contribution in [0.2, 0.25) is 0 Å². The fourth-order valence-corrected chi connectivity index (χ4v) is 0.761. The number of aromatic nitrogens is 1. The number of rotatable bonds is 2. The lowest BCUT2D eigenvalue weighted by Gasteiger charge is -1.98. The van der Waals surface area contributed by atoms with Crippen LogP contribution in [0, 0.1) is 0 Å². The van der Waals surface area contributed by atoms with Gasteiger partial charge in [-0.15, -0.1) is 0 Å². The van der Waals surface area contributed by atoms with Crippen LogP contribution in [0.25, 0.3) is 0 Å². The molecule has 0 aliphatic rings. The average Bonchev–Trinajstić information content (AvgIpc) is 2.36. The van der Waals surface area contributed by atoms with Crippen LogP contribution in [-0.4, -0.2) is 17.6 Å². The molecule has 60 valence electrons. The van der Waals surface area contributed by atoms with Crippen molar-refractivity contribution in [3.63, 3.8) is 0 Å². The van der Waals surface area contributed by atoms with Crippen molar-refractivity contribution in [2.75, 3.05) is 12.3 Å². The number of esters is 1. The Labute approximate surface area is 64.4 Å². The first kappa shape index (κ1) is 7.65. The molecule has 0 saturated carbocycles. The van der Waals surface area contributed by atoms with Crippen LogP contribution in [0.5, 0.6) is 0 Å². The molecule has 0 aromatic carbocycles. The molecule has 1 aromatic heterocycles. The van der Waals surface area contributed by atoms with E-state index >= 15 is 0 Å². The molecular weight excluding hydrogens is 144 g/mol. The van der Waals surface area contributed by atoms with E-state index in [-0.39, 0.29) is 5.97 Å². The van der Waals surface area contributed by atoms with Gasteiger partial charge in [-0.2, -0.15) is 0 Å². The number of hydrogen-bond donors (Lipinski definition) is 2. The van der Waals surface area contributed by atoms with Gasteiger partial charge in [-0.3, -0.25) is 0 Å². The van der Waals surface area contributed by atoms with Gasteiger partial charge in [-0.05, 0) is 6.92 Å². The van der Waals surface area contributed by atoms with E-state index < -0.39 is 0 Å². The maximum absolute atomic E-state index is 11.0. The standard InChI is InChI=1S/C7H10N2O2/c1-2-11-7(10)5-3-9-4-6(5)8/h3-4,9H,2,8H2,1H3. The number of H-pyrrole nitrogens is 1. The Morgan fingerprint density at radius 3 is 2.91 bits per heavy atom. The quantitative estimate of drug-likeness (QED) is 0.618. The fraction of sp³-hybridized carbons (Fsp3) is 0.286. The summed E-state index contributed by atoms with van der Waals surface area (Å²) in [5.74, 6) is -0.383. The molecule has 1 heterocycles. The Bertz CT molecular complexity index is 255. The van der Waals surface area contributed by atoms with E-state index in [0.29, 0.717) is 17.9 Å². The summed E-state index contributed by atoms with van der Waals surface area (Å²) in [6.07, 6.45) is 3.07. The summed E-state index contributed by atoms with van der Waals surface area (Å²) in [6, 6.07) is 0. The van der Waals surface area contributed by atoms with Gasteiger partial charge in [0, 0.05) is 12.4 Å². The van der Waals surface area contributed by atoms with E-state index in [9.17, 15) is 4.79 Å². The van der Waals surface area contributed by atoms with Crippen molar-refractivity contribution in [2.45, 2.75) is 6.92 Å². The second-order valence-electron chi connectivity index (χ2n) is 2.04. The molecule has 0 saturated heterocycles. The highest BCUT2D eigenvalue weighted by Gasteiger charge is 2.09. The van der Waals surface area contributed by atoms with Crippen LogP contribution in [-0.2, 0) is 4.74 Å². The highest BCUT2D eigenvalue weighted by atomic mass is 16.5. The van der Waals surface area contributed by atoms with Gasteiger partial charge in [-0.25, -0.2) is 4.79 Å². The minimum atomic E-state index is -0.383. The molecule has 0 radical (unpaired) electrons. The Balaban J connectivity index is 2.76. The lowest BCUT2D eigenvalue weighted by molar-refractivity contribution is 0.0528. The van der Waals surface area contributed by atoms with Crippen LogP contribution < -0.4 is 5.73 Å². The Kier molecular flexibility index (Phi) is 2.15. The summed E-state index contributed by atoms with van der Waals surface area (Å²) in [7, 11) is 0. The molecule has 11 heavy (non-hydrogen) atoms. The molecule has 0 aliphatic carbocycles. The lowest BCUT2D eigenvalue weighted by atomic mass is 10.3. The van der Waals surface area contributed by atoms with Crippen molar-refractivity contribution in [3.05, 3.63) is 18.0 Å². The van der Waals surface area contributed by atoms with Gasteiger partial charge in [0.05, 0.1) is 17.9 Å². The van der Waals surface area contributed by atoms with Crippen LogP contribution >= 0.6 is 0 Å². The largest absolute Gasteiger partial charge is 0.462 e. The predicted octanol–water partition coefficient (Wildman–Crippen LogP) is 0.774. The summed E-state index contributed by atoms with van der Waals surface area (Å²) in [5, 5.41) is 0. The number of carbonyl (C=O) groups excluding carboxylic acids is 1. The molecule has 0 amide bonds. The zero-order valence-corrected chi connectivity index (χ0v) is 6.26. The van der Waals surface area contributed by atoms with Crippen molar-refractivity contribution in [1.82, 2.24) is 4.98 Å². The molecule has 4 heteroatoms. The van der Waals surface area contributed by atoms with Crippen LogP contribution in [0.3, 0.4) is 0 Å². The van der Waals surface area contributed by atoms with Gasteiger partial charge >= 0.3 is 5.97 Å². The minimum absolute atomic E-state index is 0.365. The lowest BCUT2D eigenvalue weighted by Crippen LogP contribution is -2.05. The molecule has 0 fully saturated rings. The van der Waals surface area contributed by atoms with Gasteiger partial charge < -0.3 is 15.5 Å². The number of hydrogen-bond acceptors (Lipinski definition) is 3. The summed E-state index contributed by atoms with van der Waals surface area (Å²) in [6.45, 7) is 2.12. The van der Waals surface area contributed by atoms with E-state index in [4.69, 9.17) is 10.5 Å². The van der Waals surface area contributed by atoms with Gasteiger partial charge in [0.15, 0.2) is 0 Å². The third kappa shape index (κ3) is 1.52. The first-order valence-electron chi connectivity index (χ1n) is 3.35. The number of nitrogens with one attached hydrogen (secondary N) is 1. The molecule has 0 bridgehead atoms. The SMILES string of the molecule is CCOC(=O)c1c[nH]cc1N. The Hall–Kier alpha value is -1.45. The van der Waals surface area contributed by atoms with Crippen molar-refractivity contribution < 1.29 is 9.53 Å². The zero-order chi connectivity index (χ0) is 8.27. The number of ether oxygens (including phenoxy) is 1. The molecule has 0 aliphatic heterocycles. The number of anilines is 1. The van der Waals surface area contributed by atoms with Crippen molar-refractivity contribution in [2.24, 2.45) is 0 Å². The fourth-order valence-electron chi connectivity index (χ4n) is 0.761. The maximum atomic E-state index is 11.0. The summed E-state index contributed by atoms with van der Waals surface area (Å²) in [4.78, 5) is 13.7. The van der Waals surface area contributed by atoms with E-state index in [1.165, 1.54) is 6.20 Å². The van der Waals surface area contributed by atoms with Crippen molar-refractivity contribution in [3.8, 4) is 0 Å². The minimum Gasteiger partial charge on any atom is -0.462 e. The smallest absolute Gasteiger partial charge is 0.341 e. The molecule has 0 atom stereocenters. The molecule has 1 aromatic rings. The van der Waals surface area contributed by atoms with Crippen molar-refractivity contribution >= 4 is 11.7 Å². The Morgan fingerprint density at radius 1 is 1.73 bits per heavy atom. The second kappa shape index (κ2) is 3.09. The topological polar surface area (TPSA) is 68.1 Å². The summed E-state index contributed by atoms with van der Waals surface area (Å²) in [5.41, 5.74) is 6.25. The molecule has 0 unspecified atom stereocenters. The number of nitrogen functional groups attached to an aromatic ring is 1. The number of aromatic amines is 1. The predicted molar refractivity (Wildman–Crippen MR) is 41.2 cm³/mol. The second-order valence-corrected chi connectivity index (χ2v) is 2.04. The third-order valence-electron chi connectivity index (χ3n) is 1.27. The van der Waals surface area contributed by atoms with E-state index in [1.807, 2.05) is 0 Å². The maximum Gasteiger partial charge on any atom is 0.341 e. The monoisotopic (exact) mass is 154 g/mol. The average molecular weight is 154 g/mol. The summed E-state index contributed by atoms with van der Waals surface area (Å²) < 4.78 is 4.73. The third-order valence-corrected chi connectivity index (χ3v) is 1.27. The molecule has 3 N–H and O–H groups in total. The van der Waals surface area contributed by atoms with E-state index in [1.54, 1.807) is 13.1 Å². The van der Waals surface area contributed by atoms with Crippen molar-refractivity contribution in [1.29, 1.82) is 0 Å². The number of nitrogens with two attached hydrogens (primary N) is 1. The normalized spacial score (nSPS) is 9.55. The van der Waals surface area contributed by atoms with Gasteiger partial charge in [0.25, 0.3) is 0 Å². The molecule has 1 rings (SSSR count). The molecule has 0 spiro atoms. The zero-order valence-electron chi connectivity index (χ0n) is 6.26. The van der Waals surface area contributed by atoms with Gasteiger partial charge in [0.1, 0.15) is 0 Å². The summed E-state index contributed by atoms with van der Waals surface area (Å²) >= 11 is 0. The van der Waals surface area contributed by atoms with Crippen LogP contribution in [0.4, 0.5) is 5.69 Å². The first-order chi connectivity index (χ1) is 5.25. The van der Waals surface area contributed by atoms with Gasteiger partial charge in [0.2, 0.25) is 0 Å². The highest BCUT2D eigenvalue weighted by Crippen LogP contribution is 2.10. The van der Waals surface area contributed by atoms with Gasteiger partial charge in [-0.1, -0.05) is 0 Å².